The van der Waals surface area contributed by atoms with Gasteiger partial charge < -0.3 is 56.4 Å². The van der Waals surface area contributed by atoms with Crippen LogP contribution in [-0.4, -0.2) is 122 Å². The van der Waals surface area contributed by atoms with Gasteiger partial charge in [0.05, 0.1) is 44.9 Å². The number of benzene rings is 1. The molecule has 0 saturated carbocycles. The highest BCUT2D eigenvalue weighted by Crippen LogP contribution is 2.15. The van der Waals surface area contributed by atoms with Crippen LogP contribution in [0.1, 0.15) is 48.2 Å². The lowest BCUT2D eigenvalue weighted by Crippen LogP contribution is -2.41. The van der Waals surface area contributed by atoms with E-state index in [4.69, 9.17) is 24.7 Å². The average Bonchev–Trinajstić information content (AvgIpc) is 3.21. The summed E-state index contributed by atoms with van der Waals surface area (Å²) in [6.45, 7) is 4.48. The van der Waals surface area contributed by atoms with Crippen molar-refractivity contribution in [2.75, 3.05) is 94.7 Å². The number of nitrogen functional groups attached to an aromatic ring is 1. The molecule has 0 bridgehead atoms. The fourth-order valence-electron chi connectivity index (χ4n) is 5.34. The Hall–Kier alpha value is -6.03. The number of methoxy groups -OCH3 is 1. The maximum Gasteiger partial charge on any atom is 0.326 e. The Kier molecular flexibility index (Phi) is 18.4. The van der Waals surface area contributed by atoms with E-state index in [2.05, 4.69) is 46.5 Å². The first-order valence-corrected chi connectivity index (χ1v) is 18.8. The van der Waals surface area contributed by atoms with E-state index in [1.165, 1.54) is 18.3 Å². The number of nitrogens with one attached hydrogen (secondary N) is 6. The predicted molar refractivity (Wildman–Crippen MR) is 214 cm³/mol. The number of hydrogen-bond donors (Lipinski definition) is 8. The quantitative estimate of drug-likeness (QED) is 0.0264. The van der Waals surface area contributed by atoms with E-state index in [-0.39, 0.29) is 48.0 Å². The number of aromatic amines is 1. The topological polar surface area (TPSA) is 300 Å². The zero-order valence-electron chi connectivity index (χ0n) is 32.2. The standard InChI is InChI=1S/C37H50N10O11/c1-55-14-2-12-40-28-29(32(50)31(28)49)41-13-4-16-57-18-20-58-19-17-56-15-3-11-39-27(48)10-9-26(36(53)54)45-34(51)23-5-7-24(8-6-23)42-21-25-22-43-33-30(44-25)35(52)47-37(38)46-33/h5-8,22,26,40-42H,2-4,9-21H2,1H3,(H,39,48)(H,45,51)(H,53,54)(H3,38,43,46,47,52)/t26-/m0/s1. The number of hydrogen-bond acceptors (Lipinski definition) is 17. The molecule has 0 spiro atoms. The monoisotopic (exact) mass is 810 g/mol. The number of ether oxygens (including phenoxy) is 4. The van der Waals surface area contributed by atoms with Gasteiger partial charge in [-0.2, -0.15) is 4.98 Å². The van der Waals surface area contributed by atoms with Crippen molar-refractivity contribution < 1.29 is 38.4 Å². The summed E-state index contributed by atoms with van der Waals surface area (Å²) in [5, 5.41) is 23.9. The Morgan fingerprint density at radius 1 is 0.810 bits per heavy atom. The molecule has 58 heavy (non-hydrogen) atoms. The Morgan fingerprint density at radius 2 is 1.41 bits per heavy atom. The number of nitrogens with two attached hydrogens (primary N) is 1. The van der Waals surface area contributed by atoms with Gasteiger partial charge in [0.25, 0.3) is 22.3 Å². The first-order valence-electron chi connectivity index (χ1n) is 18.8. The number of aromatic nitrogens is 4. The van der Waals surface area contributed by atoms with Crippen LogP contribution >= 0.6 is 0 Å². The van der Waals surface area contributed by atoms with Crippen LogP contribution in [0, 0.1) is 0 Å². The van der Waals surface area contributed by atoms with Crippen molar-refractivity contribution in [2.24, 2.45) is 0 Å². The van der Waals surface area contributed by atoms with Crippen LogP contribution in [0.25, 0.3) is 11.2 Å². The molecule has 4 rings (SSSR count). The molecule has 21 heteroatoms. The van der Waals surface area contributed by atoms with E-state index in [1.807, 2.05) is 0 Å². The van der Waals surface area contributed by atoms with Crippen molar-refractivity contribution in [3.05, 3.63) is 72.5 Å². The second-order valence-electron chi connectivity index (χ2n) is 12.8. The summed E-state index contributed by atoms with van der Waals surface area (Å²) in [6, 6.07) is 5.02. The Bertz CT molecular complexity index is 2070. The summed E-state index contributed by atoms with van der Waals surface area (Å²) in [5.41, 5.74) is 6.13. The average molecular weight is 811 g/mol. The van der Waals surface area contributed by atoms with Crippen molar-refractivity contribution in [2.45, 2.75) is 44.7 Å². The van der Waals surface area contributed by atoms with Gasteiger partial charge in [-0.25, -0.2) is 14.8 Å². The van der Waals surface area contributed by atoms with Crippen LogP contribution in [0.15, 0.2) is 44.8 Å². The highest BCUT2D eigenvalue weighted by Gasteiger charge is 2.22. The van der Waals surface area contributed by atoms with Crippen LogP contribution in [0.2, 0.25) is 0 Å². The normalized spacial score (nSPS) is 11.7. The summed E-state index contributed by atoms with van der Waals surface area (Å²) in [7, 11) is 1.60. The number of carboxylic acid groups (broad SMARTS) is 1. The van der Waals surface area contributed by atoms with E-state index in [0.29, 0.717) is 101 Å². The molecule has 0 aliphatic carbocycles. The Morgan fingerprint density at radius 3 is 2.03 bits per heavy atom. The van der Waals surface area contributed by atoms with E-state index in [1.54, 1.807) is 19.2 Å². The third kappa shape index (κ3) is 14.5. The van der Waals surface area contributed by atoms with Gasteiger partial charge in [-0.1, -0.05) is 0 Å². The van der Waals surface area contributed by atoms with Crippen LogP contribution < -0.4 is 48.7 Å². The number of aliphatic carboxylic acids is 1. The molecule has 2 aromatic carbocycles. The minimum atomic E-state index is -1.27. The second kappa shape index (κ2) is 23.9. The van der Waals surface area contributed by atoms with Gasteiger partial charge in [-0.15, -0.1) is 0 Å². The fraction of sp³-hybridized carbons (Fsp3) is 0.486. The smallest absolute Gasteiger partial charge is 0.326 e. The molecule has 314 valence electrons. The zero-order chi connectivity index (χ0) is 41.7. The summed E-state index contributed by atoms with van der Waals surface area (Å²) >= 11 is 0. The van der Waals surface area contributed by atoms with Crippen LogP contribution in [0.5, 0.6) is 0 Å². The molecule has 0 radical (unpaired) electrons. The molecule has 0 aliphatic rings. The number of H-pyrrole nitrogens is 1. The van der Waals surface area contributed by atoms with E-state index in [0.717, 1.165) is 6.42 Å². The summed E-state index contributed by atoms with van der Waals surface area (Å²) in [5.74, 6) is -2.28. The molecule has 2 amide bonds. The van der Waals surface area contributed by atoms with Gasteiger partial charge in [-0.3, -0.25) is 29.0 Å². The third-order valence-corrected chi connectivity index (χ3v) is 8.41. The van der Waals surface area contributed by atoms with Crippen molar-refractivity contribution in [1.82, 2.24) is 30.6 Å². The molecule has 0 saturated heterocycles. The molecule has 2 aromatic heterocycles. The number of carboxylic acids is 1. The Labute approximate surface area is 332 Å². The first-order chi connectivity index (χ1) is 28.1. The van der Waals surface area contributed by atoms with Gasteiger partial charge >= 0.3 is 5.97 Å². The number of carbonyl (C=O) groups is 3. The lowest BCUT2D eigenvalue weighted by molar-refractivity contribution is -0.139. The van der Waals surface area contributed by atoms with E-state index < -0.39 is 34.3 Å². The number of nitrogens with zero attached hydrogens (tertiary/aromatic N) is 3. The van der Waals surface area contributed by atoms with E-state index >= 15 is 0 Å². The minimum Gasteiger partial charge on any atom is -0.480 e. The van der Waals surface area contributed by atoms with Gasteiger partial charge in [0.15, 0.2) is 11.2 Å². The molecule has 21 nitrogen and oxygen atoms in total. The molecule has 0 fully saturated rings. The Balaban J connectivity index is 0.987. The fourth-order valence-corrected chi connectivity index (χ4v) is 5.34. The molecule has 1 atom stereocenters. The lowest BCUT2D eigenvalue weighted by Gasteiger charge is -2.15. The van der Waals surface area contributed by atoms with Crippen LogP contribution in [-0.2, 0) is 35.1 Å². The highest BCUT2D eigenvalue weighted by atomic mass is 16.5. The summed E-state index contributed by atoms with van der Waals surface area (Å²) in [4.78, 5) is 87.2. The number of fused-ring (bicyclic) bond motifs is 1. The van der Waals surface area contributed by atoms with Crippen molar-refractivity contribution in [3.8, 4) is 0 Å². The summed E-state index contributed by atoms with van der Waals surface area (Å²) < 4.78 is 21.5. The first kappa shape index (κ1) is 44.7. The predicted octanol–water partition coefficient (Wildman–Crippen LogP) is -0.0267. The SMILES string of the molecule is COCCCNc1c(NCCCOCCOCCOCCCNC(=O)CC[C@H](NC(=O)c2ccc(NCc3cnc4nc(N)[nH]c(=O)c4n3)cc2)C(=O)O)c(=O)c1=O. The maximum absolute atomic E-state index is 12.8. The second-order valence-corrected chi connectivity index (χ2v) is 12.8. The molecular formula is C37H50N10O11. The maximum atomic E-state index is 12.8. The number of carbonyl (C=O) groups excluding carboxylic acids is 2. The van der Waals surface area contributed by atoms with Crippen molar-refractivity contribution in [1.29, 1.82) is 0 Å². The highest BCUT2D eigenvalue weighted by molar-refractivity contribution is 5.97. The van der Waals surface area contributed by atoms with Gasteiger partial charge in [0.1, 0.15) is 17.4 Å². The van der Waals surface area contributed by atoms with Gasteiger partial charge in [0, 0.05) is 64.2 Å². The molecule has 0 unspecified atom stereocenters. The summed E-state index contributed by atoms with van der Waals surface area (Å²) in [6.07, 6.45) is 3.15. The zero-order valence-corrected chi connectivity index (χ0v) is 32.2. The van der Waals surface area contributed by atoms with Gasteiger partial charge in [-0.05, 0) is 49.9 Å². The number of anilines is 4. The van der Waals surface area contributed by atoms with Crippen molar-refractivity contribution >= 4 is 52.0 Å². The van der Waals surface area contributed by atoms with Crippen LogP contribution in [0.3, 0.4) is 0 Å². The van der Waals surface area contributed by atoms with Crippen LogP contribution in [0.4, 0.5) is 23.0 Å². The van der Waals surface area contributed by atoms with Crippen molar-refractivity contribution in [3.63, 3.8) is 0 Å². The molecular weight excluding hydrogens is 760 g/mol. The third-order valence-electron chi connectivity index (χ3n) is 8.41. The molecule has 4 aromatic rings. The number of amides is 2. The molecule has 9 N–H and O–H groups in total. The molecule has 2 heterocycles. The number of rotatable bonds is 29. The lowest BCUT2D eigenvalue weighted by atomic mass is 10.1. The largest absolute Gasteiger partial charge is 0.480 e. The molecule has 0 aliphatic heterocycles. The van der Waals surface area contributed by atoms with E-state index in [9.17, 15) is 33.9 Å². The minimum absolute atomic E-state index is 0.0509. The van der Waals surface area contributed by atoms with Gasteiger partial charge in [0.2, 0.25) is 11.9 Å².